The highest BCUT2D eigenvalue weighted by molar-refractivity contribution is 8.22. The van der Waals surface area contributed by atoms with Gasteiger partial charge in [-0.05, 0) is 24.0 Å². The summed E-state index contributed by atoms with van der Waals surface area (Å²) in [6.07, 6.45) is 1.86. The standard InChI is InChI=1S/C13H10N2O3S2/c1-19-13-8(5-14)11(16)15-12(20-13)7-2-3-9-10(4-7)18-6-17-9/h2-4,12H,6H2,1H3,(H,15,16)/t12-/m0/s1. The lowest BCUT2D eigenvalue weighted by molar-refractivity contribution is -0.117. The van der Waals surface area contributed by atoms with Gasteiger partial charge in [-0.1, -0.05) is 17.8 Å². The fourth-order valence-corrected chi connectivity index (χ4v) is 3.89. The highest BCUT2D eigenvalue weighted by Gasteiger charge is 2.29. The van der Waals surface area contributed by atoms with Crippen LogP contribution in [0.1, 0.15) is 10.9 Å². The molecule has 102 valence electrons. The second kappa shape index (κ2) is 5.31. The van der Waals surface area contributed by atoms with Gasteiger partial charge in [-0.3, -0.25) is 4.79 Å². The maximum atomic E-state index is 11.9. The van der Waals surface area contributed by atoms with Crippen LogP contribution in [0.3, 0.4) is 0 Å². The van der Waals surface area contributed by atoms with Crippen molar-refractivity contribution in [2.45, 2.75) is 5.37 Å². The predicted octanol–water partition coefficient (Wildman–Crippen LogP) is 2.38. The minimum Gasteiger partial charge on any atom is -0.454 e. The molecule has 0 aromatic heterocycles. The van der Waals surface area contributed by atoms with Gasteiger partial charge in [0.15, 0.2) is 11.5 Å². The first-order valence-electron chi connectivity index (χ1n) is 5.78. The molecular formula is C13H10N2O3S2. The van der Waals surface area contributed by atoms with Crippen molar-refractivity contribution in [3.63, 3.8) is 0 Å². The summed E-state index contributed by atoms with van der Waals surface area (Å²) in [5, 5.41) is 11.6. The quantitative estimate of drug-likeness (QED) is 0.904. The molecule has 1 N–H and O–H groups in total. The minimum atomic E-state index is -0.335. The van der Waals surface area contributed by atoms with Crippen LogP contribution in [0.2, 0.25) is 0 Å². The molecule has 0 unspecified atom stereocenters. The zero-order valence-corrected chi connectivity index (χ0v) is 12.1. The first-order valence-corrected chi connectivity index (χ1v) is 7.89. The van der Waals surface area contributed by atoms with Crippen molar-refractivity contribution in [1.29, 1.82) is 5.26 Å². The van der Waals surface area contributed by atoms with Gasteiger partial charge in [0.25, 0.3) is 5.91 Å². The lowest BCUT2D eigenvalue weighted by atomic mass is 10.2. The van der Waals surface area contributed by atoms with E-state index in [1.807, 2.05) is 30.5 Å². The SMILES string of the molecule is CSC1=C(C#N)C(=O)N[C@H](c2ccc3c(c2)OCO3)S1. The maximum absolute atomic E-state index is 11.9. The number of amides is 1. The predicted molar refractivity (Wildman–Crippen MR) is 77.2 cm³/mol. The van der Waals surface area contributed by atoms with Crippen molar-refractivity contribution in [3.8, 4) is 17.6 Å². The molecule has 2 aliphatic rings. The summed E-state index contributed by atoms with van der Waals surface area (Å²) >= 11 is 2.87. The highest BCUT2D eigenvalue weighted by atomic mass is 32.2. The van der Waals surface area contributed by atoms with Crippen LogP contribution >= 0.6 is 23.5 Å². The van der Waals surface area contributed by atoms with Gasteiger partial charge in [0, 0.05) is 0 Å². The van der Waals surface area contributed by atoms with Gasteiger partial charge in [0.1, 0.15) is 17.0 Å². The fraction of sp³-hybridized carbons (Fsp3) is 0.231. The lowest BCUT2D eigenvalue weighted by Crippen LogP contribution is -2.31. The van der Waals surface area contributed by atoms with Gasteiger partial charge in [0.05, 0.1) is 4.24 Å². The van der Waals surface area contributed by atoms with Crippen LogP contribution in [0, 0.1) is 11.3 Å². The third kappa shape index (κ3) is 2.21. The number of nitrogens with one attached hydrogen (secondary N) is 1. The number of carbonyl (C=O) groups is 1. The fourth-order valence-electron chi connectivity index (χ4n) is 1.95. The molecule has 0 saturated heterocycles. The summed E-state index contributed by atoms with van der Waals surface area (Å²) in [5.74, 6) is 1.05. The number of carbonyl (C=O) groups excluding carboxylic acids is 1. The minimum absolute atomic E-state index is 0.180. The van der Waals surface area contributed by atoms with E-state index in [0.29, 0.717) is 11.5 Å². The Morgan fingerprint density at radius 1 is 1.45 bits per heavy atom. The van der Waals surface area contributed by atoms with Gasteiger partial charge < -0.3 is 14.8 Å². The summed E-state index contributed by atoms with van der Waals surface area (Å²) < 4.78 is 11.3. The Balaban J connectivity index is 1.92. The van der Waals surface area contributed by atoms with E-state index in [0.717, 1.165) is 9.80 Å². The van der Waals surface area contributed by atoms with E-state index in [2.05, 4.69) is 5.32 Å². The molecule has 1 aromatic rings. The van der Waals surface area contributed by atoms with Gasteiger partial charge in [-0.2, -0.15) is 5.26 Å². The number of hydrogen-bond acceptors (Lipinski definition) is 6. The molecule has 3 rings (SSSR count). The molecule has 2 aliphatic heterocycles. The summed E-state index contributed by atoms with van der Waals surface area (Å²) in [7, 11) is 0. The average molecular weight is 306 g/mol. The molecule has 0 fully saturated rings. The molecule has 7 heteroatoms. The van der Waals surface area contributed by atoms with Crippen LogP contribution in [0.5, 0.6) is 11.5 Å². The Kier molecular flexibility index (Phi) is 3.51. The molecule has 0 radical (unpaired) electrons. The maximum Gasteiger partial charge on any atom is 0.264 e. The van der Waals surface area contributed by atoms with Crippen molar-refractivity contribution in [2.75, 3.05) is 13.0 Å². The number of nitriles is 1. The zero-order chi connectivity index (χ0) is 14.1. The number of nitrogens with zero attached hydrogens (tertiary/aromatic N) is 1. The molecule has 1 atom stereocenters. The lowest BCUT2D eigenvalue weighted by Gasteiger charge is -2.24. The van der Waals surface area contributed by atoms with E-state index in [4.69, 9.17) is 14.7 Å². The van der Waals surface area contributed by atoms with E-state index in [9.17, 15) is 4.79 Å². The first-order chi connectivity index (χ1) is 9.72. The number of rotatable bonds is 2. The van der Waals surface area contributed by atoms with E-state index in [-0.39, 0.29) is 23.6 Å². The first kappa shape index (κ1) is 13.2. The number of ether oxygens (including phenoxy) is 2. The van der Waals surface area contributed by atoms with Crippen molar-refractivity contribution >= 4 is 29.4 Å². The number of fused-ring (bicyclic) bond motifs is 1. The largest absolute Gasteiger partial charge is 0.454 e. The molecule has 1 aromatic carbocycles. The Hall–Kier alpha value is -1.78. The average Bonchev–Trinajstić information content (AvgIpc) is 2.93. The highest BCUT2D eigenvalue weighted by Crippen LogP contribution is 2.44. The Morgan fingerprint density at radius 3 is 3.00 bits per heavy atom. The van der Waals surface area contributed by atoms with E-state index < -0.39 is 0 Å². The van der Waals surface area contributed by atoms with E-state index in [1.54, 1.807) is 0 Å². The second-order valence-corrected chi connectivity index (χ2v) is 6.25. The molecule has 0 spiro atoms. The summed E-state index contributed by atoms with van der Waals surface area (Å²) in [4.78, 5) is 11.9. The molecule has 2 heterocycles. The van der Waals surface area contributed by atoms with Gasteiger partial charge in [-0.25, -0.2) is 0 Å². The second-order valence-electron chi connectivity index (χ2n) is 4.06. The van der Waals surface area contributed by atoms with Crippen LogP contribution in [-0.4, -0.2) is 19.0 Å². The van der Waals surface area contributed by atoms with Gasteiger partial charge in [0.2, 0.25) is 6.79 Å². The molecule has 1 amide bonds. The summed E-state index contributed by atoms with van der Waals surface area (Å²) in [5.41, 5.74) is 1.09. The number of benzene rings is 1. The molecule has 0 aliphatic carbocycles. The molecule has 20 heavy (non-hydrogen) atoms. The summed E-state index contributed by atoms with van der Waals surface area (Å²) in [6.45, 7) is 0.220. The number of thioether (sulfide) groups is 2. The molecule has 0 saturated carbocycles. The van der Waals surface area contributed by atoms with Gasteiger partial charge >= 0.3 is 0 Å². The van der Waals surface area contributed by atoms with Crippen LogP contribution in [0.15, 0.2) is 28.0 Å². The molecular weight excluding hydrogens is 296 g/mol. The zero-order valence-electron chi connectivity index (χ0n) is 10.5. The van der Waals surface area contributed by atoms with Crippen LogP contribution in [-0.2, 0) is 4.79 Å². The normalized spacial score (nSPS) is 20.6. The Bertz CT molecular complexity index is 652. The van der Waals surface area contributed by atoms with Crippen LogP contribution in [0.25, 0.3) is 0 Å². The third-order valence-corrected chi connectivity index (χ3v) is 5.32. The monoisotopic (exact) mass is 306 g/mol. The van der Waals surface area contributed by atoms with Crippen LogP contribution in [0.4, 0.5) is 0 Å². The van der Waals surface area contributed by atoms with Crippen LogP contribution < -0.4 is 14.8 Å². The van der Waals surface area contributed by atoms with Crippen molar-refractivity contribution < 1.29 is 14.3 Å². The van der Waals surface area contributed by atoms with Crippen molar-refractivity contribution in [1.82, 2.24) is 5.32 Å². The Labute approximate surface area is 124 Å². The molecule has 0 bridgehead atoms. The number of hydrogen-bond donors (Lipinski definition) is 1. The Morgan fingerprint density at radius 2 is 2.25 bits per heavy atom. The van der Waals surface area contributed by atoms with Crippen molar-refractivity contribution in [2.24, 2.45) is 0 Å². The van der Waals surface area contributed by atoms with Crippen molar-refractivity contribution in [3.05, 3.63) is 33.6 Å². The topological polar surface area (TPSA) is 71.4 Å². The third-order valence-electron chi connectivity index (χ3n) is 2.91. The van der Waals surface area contributed by atoms with Gasteiger partial charge in [-0.15, -0.1) is 11.8 Å². The summed E-state index contributed by atoms with van der Waals surface area (Å²) in [6, 6.07) is 7.52. The van der Waals surface area contributed by atoms with E-state index in [1.165, 1.54) is 23.5 Å². The smallest absolute Gasteiger partial charge is 0.264 e. The molecule has 5 nitrogen and oxygen atoms in total. The van der Waals surface area contributed by atoms with E-state index >= 15 is 0 Å².